The molecule has 3 heterocycles. The van der Waals surface area contributed by atoms with Crippen LogP contribution in [0.5, 0.6) is 0 Å². The van der Waals surface area contributed by atoms with E-state index in [0.717, 1.165) is 37.7 Å². The molecule has 1 aliphatic heterocycles. The quantitative estimate of drug-likeness (QED) is 0.469. The van der Waals surface area contributed by atoms with Gasteiger partial charge in [0.05, 0.1) is 11.4 Å². The first-order valence-corrected chi connectivity index (χ1v) is 11.0. The highest BCUT2D eigenvalue weighted by Crippen LogP contribution is 2.42. The Balaban J connectivity index is 1.21. The van der Waals surface area contributed by atoms with E-state index >= 15 is 0 Å². The monoisotopic (exact) mass is 449 g/mol. The molecule has 168 valence electrons. The Morgan fingerprint density at radius 2 is 1.79 bits per heavy atom. The van der Waals surface area contributed by atoms with E-state index in [0.29, 0.717) is 23.7 Å². The number of pyridine rings is 1. The lowest BCUT2D eigenvalue weighted by Gasteiger charge is -2.36. The molecule has 0 amide bonds. The molecule has 1 aliphatic carbocycles. The molecule has 0 spiro atoms. The zero-order valence-corrected chi connectivity index (χ0v) is 18.2. The smallest absolute Gasteiger partial charge is 0.168 e. The summed E-state index contributed by atoms with van der Waals surface area (Å²) in [7, 11) is 6.65. The van der Waals surface area contributed by atoms with Gasteiger partial charge < -0.3 is 10.2 Å². The van der Waals surface area contributed by atoms with Crippen LogP contribution in [-0.4, -0.2) is 47.1 Å². The molecule has 9 heteroatoms. The van der Waals surface area contributed by atoms with Crippen molar-refractivity contribution >= 4 is 13.7 Å². The van der Waals surface area contributed by atoms with Gasteiger partial charge >= 0.3 is 0 Å². The molecule has 2 aliphatic rings. The van der Waals surface area contributed by atoms with Crippen molar-refractivity contribution in [1.82, 2.24) is 20.1 Å². The lowest BCUT2D eigenvalue weighted by Crippen LogP contribution is -2.44. The van der Waals surface area contributed by atoms with Crippen LogP contribution in [0.25, 0.3) is 11.3 Å². The Morgan fingerprint density at radius 3 is 2.42 bits per heavy atom. The molecule has 1 saturated heterocycles. The lowest BCUT2D eigenvalue weighted by molar-refractivity contribution is 0.197. The summed E-state index contributed by atoms with van der Waals surface area (Å²) in [6, 6.07) is 10.6. The summed E-state index contributed by atoms with van der Waals surface area (Å²) in [5.74, 6) is -1.67. The topological polar surface area (TPSA) is 53.9 Å². The maximum absolute atomic E-state index is 14.0. The van der Waals surface area contributed by atoms with Crippen molar-refractivity contribution in [3.05, 3.63) is 71.8 Å². The molecule has 33 heavy (non-hydrogen) atoms. The first kappa shape index (κ1) is 21.9. The third-order valence-corrected chi connectivity index (χ3v) is 6.88. The average Bonchev–Trinajstić information content (AvgIpc) is 3.37. The van der Waals surface area contributed by atoms with Crippen LogP contribution < -0.4 is 5.32 Å². The number of fused-ring (bicyclic) bond motifs is 1. The van der Waals surface area contributed by atoms with Gasteiger partial charge in [0.25, 0.3) is 0 Å². The summed E-state index contributed by atoms with van der Waals surface area (Å²) in [5, 5.41) is 11.5. The molecule has 2 unspecified atom stereocenters. The Bertz CT molecular complexity index is 1130. The molecule has 2 fully saturated rings. The van der Waals surface area contributed by atoms with Crippen molar-refractivity contribution in [2.45, 2.75) is 31.2 Å². The minimum atomic E-state index is -1.25. The van der Waals surface area contributed by atoms with Crippen LogP contribution in [0.3, 0.4) is 0 Å². The van der Waals surface area contributed by atoms with Crippen molar-refractivity contribution in [3.63, 3.8) is 0 Å². The highest BCUT2D eigenvalue weighted by Gasteiger charge is 2.45. The summed E-state index contributed by atoms with van der Waals surface area (Å²) in [4.78, 5) is 6.75. The van der Waals surface area contributed by atoms with Crippen LogP contribution in [0.1, 0.15) is 25.5 Å². The summed E-state index contributed by atoms with van der Waals surface area (Å²) in [6.45, 7) is 3.82. The van der Waals surface area contributed by atoms with Crippen molar-refractivity contribution in [3.8, 4) is 11.3 Å². The highest BCUT2D eigenvalue weighted by molar-refractivity contribution is 6.15. The number of halogens is 3. The number of likely N-dealkylation sites (tertiary alicyclic amines) is 1. The van der Waals surface area contributed by atoms with Gasteiger partial charge in [0.15, 0.2) is 11.6 Å². The van der Waals surface area contributed by atoms with Crippen LogP contribution in [0.2, 0.25) is 0 Å². The third kappa shape index (κ3) is 4.22. The number of rotatable bonds is 5. The molecular weight excluding hydrogens is 426 g/mol. The van der Waals surface area contributed by atoms with Gasteiger partial charge in [-0.1, -0.05) is 6.07 Å². The van der Waals surface area contributed by atoms with Crippen LogP contribution in [0, 0.1) is 29.3 Å². The Morgan fingerprint density at radius 1 is 1.03 bits per heavy atom. The van der Waals surface area contributed by atoms with E-state index in [2.05, 4.69) is 25.4 Å². The maximum Gasteiger partial charge on any atom is 0.168 e. The zero-order valence-electron chi connectivity index (χ0n) is 18.2. The van der Waals surface area contributed by atoms with Gasteiger partial charge in [0, 0.05) is 42.4 Å². The zero-order chi connectivity index (χ0) is 23.2. The fourth-order valence-electron chi connectivity index (χ4n) is 5.13. The summed E-state index contributed by atoms with van der Waals surface area (Å²) in [6.07, 6.45) is 3.72. The number of benzene rings is 1. The number of anilines is 1. The van der Waals surface area contributed by atoms with E-state index in [-0.39, 0.29) is 17.3 Å². The fraction of sp³-hybridized carbons (Fsp3) is 0.375. The van der Waals surface area contributed by atoms with E-state index in [1.165, 1.54) is 6.07 Å². The molecule has 4 atom stereocenters. The molecule has 5 nitrogen and oxygen atoms in total. The lowest BCUT2D eigenvalue weighted by atomic mass is 9.75. The number of nitrogens with zero attached hydrogens (tertiary/aromatic N) is 4. The number of nitrogens with one attached hydrogen (secondary N) is 1. The molecule has 0 bridgehead atoms. The first-order valence-electron chi connectivity index (χ1n) is 11.0. The SMILES string of the molecule is [B]C(C)(c1ccccn1)N1C[C@H]2CC(Nc3ccc(-c4cc(F)cc(F)c4F)nn3)C[C@H]2C1. The molecule has 1 aromatic carbocycles. The van der Waals surface area contributed by atoms with E-state index in [9.17, 15) is 13.2 Å². The molecule has 5 rings (SSSR count). The first-order chi connectivity index (χ1) is 15.8. The fourth-order valence-corrected chi connectivity index (χ4v) is 5.13. The van der Waals surface area contributed by atoms with E-state index < -0.39 is 22.9 Å². The Labute approximate surface area is 191 Å². The van der Waals surface area contributed by atoms with Gasteiger partial charge in [-0.25, -0.2) is 13.2 Å². The van der Waals surface area contributed by atoms with Crippen molar-refractivity contribution < 1.29 is 13.2 Å². The predicted octanol–water partition coefficient (Wildman–Crippen LogP) is 4.12. The van der Waals surface area contributed by atoms with Crippen LogP contribution in [-0.2, 0) is 5.44 Å². The second-order valence-electron chi connectivity index (χ2n) is 9.15. The summed E-state index contributed by atoms with van der Waals surface area (Å²) >= 11 is 0. The van der Waals surface area contributed by atoms with Crippen molar-refractivity contribution in [1.29, 1.82) is 0 Å². The van der Waals surface area contributed by atoms with E-state index in [4.69, 9.17) is 7.85 Å². The molecule has 1 saturated carbocycles. The Hall–Kier alpha value is -2.94. The highest BCUT2D eigenvalue weighted by atomic mass is 19.2. The summed E-state index contributed by atoms with van der Waals surface area (Å²) < 4.78 is 41.0. The van der Waals surface area contributed by atoms with Gasteiger partial charge in [0.2, 0.25) is 0 Å². The second-order valence-corrected chi connectivity index (χ2v) is 9.15. The maximum atomic E-state index is 14.0. The van der Waals surface area contributed by atoms with Gasteiger partial charge in [0.1, 0.15) is 19.5 Å². The number of hydrogen-bond acceptors (Lipinski definition) is 5. The standard InChI is InChI=1S/C24H23BF3N5/c1-24(25,21-4-2-3-7-29-21)33-12-14-8-17(9-15(14)13-33)30-22-6-5-20(31-32-22)18-10-16(26)11-19(27)23(18)28/h2-7,10-11,14-15,17H,8-9,12-13H2,1H3,(H,30,32)/t14-,15+,17?,24?. The van der Waals surface area contributed by atoms with Crippen LogP contribution in [0.4, 0.5) is 19.0 Å². The minimum absolute atomic E-state index is 0.0761. The Kier molecular flexibility index (Phi) is 5.60. The van der Waals surface area contributed by atoms with E-state index in [1.807, 2.05) is 25.1 Å². The van der Waals surface area contributed by atoms with Crippen molar-refractivity contribution in [2.24, 2.45) is 11.8 Å². The number of aromatic nitrogens is 3. The molecule has 3 aromatic rings. The predicted molar refractivity (Wildman–Crippen MR) is 120 cm³/mol. The summed E-state index contributed by atoms with van der Waals surface area (Å²) in [5.41, 5.74) is 0.0816. The van der Waals surface area contributed by atoms with E-state index in [1.54, 1.807) is 12.3 Å². The largest absolute Gasteiger partial charge is 0.366 e. The van der Waals surface area contributed by atoms with Gasteiger partial charge in [-0.2, -0.15) is 0 Å². The third-order valence-electron chi connectivity index (χ3n) is 6.88. The van der Waals surface area contributed by atoms with Gasteiger partial charge in [-0.15, -0.1) is 10.2 Å². The van der Waals surface area contributed by atoms with Crippen LogP contribution in [0.15, 0.2) is 48.7 Å². The second kappa shape index (κ2) is 8.45. The molecule has 2 radical (unpaired) electrons. The van der Waals surface area contributed by atoms with Gasteiger partial charge in [-0.3, -0.25) is 4.98 Å². The molecule has 2 aromatic heterocycles. The molecule has 1 N–H and O–H groups in total. The average molecular weight is 449 g/mol. The van der Waals surface area contributed by atoms with Crippen molar-refractivity contribution in [2.75, 3.05) is 18.4 Å². The van der Waals surface area contributed by atoms with Gasteiger partial charge in [-0.05, 0) is 61.9 Å². The normalized spacial score (nSPS) is 24.4. The molecular formula is C24H23BF3N5. The number of hydrogen-bond donors (Lipinski definition) is 1. The minimum Gasteiger partial charge on any atom is -0.366 e. The van der Waals surface area contributed by atoms with Crippen LogP contribution >= 0.6 is 0 Å².